The van der Waals surface area contributed by atoms with Crippen molar-refractivity contribution in [3.8, 4) is 5.75 Å². The van der Waals surface area contributed by atoms with Crippen LogP contribution in [0.4, 0.5) is 0 Å². The minimum Gasteiger partial charge on any atom is -0.497 e. The van der Waals surface area contributed by atoms with E-state index >= 15 is 0 Å². The van der Waals surface area contributed by atoms with Gasteiger partial charge in [0, 0.05) is 29.9 Å². The van der Waals surface area contributed by atoms with Gasteiger partial charge in [-0.2, -0.15) is 0 Å². The third kappa shape index (κ3) is 7.80. The average Bonchev–Trinajstić information content (AvgIpc) is 3.29. The van der Waals surface area contributed by atoms with Gasteiger partial charge in [0.05, 0.1) is 20.3 Å². The van der Waals surface area contributed by atoms with Gasteiger partial charge in [-0.05, 0) is 74.6 Å². The molecule has 1 aliphatic heterocycles. The monoisotopic (exact) mass is 529 g/mol. The van der Waals surface area contributed by atoms with Gasteiger partial charge in [0.25, 0.3) is 0 Å². The minimum atomic E-state index is -1.18. The van der Waals surface area contributed by atoms with E-state index in [1.165, 1.54) is 0 Å². The molecule has 9 nitrogen and oxygen atoms in total. The molecule has 1 aromatic rings. The summed E-state index contributed by atoms with van der Waals surface area (Å²) in [6, 6.07) is 7.73. The Hall–Kier alpha value is -2.42. The summed E-state index contributed by atoms with van der Waals surface area (Å²) in [5.74, 6) is 0.489. The van der Waals surface area contributed by atoms with Crippen LogP contribution in [-0.4, -0.2) is 55.3 Å². The van der Waals surface area contributed by atoms with E-state index in [-0.39, 0.29) is 17.6 Å². The zero-order valence-electron chi connectivity index (χ0n) is 23.4. The van der Waals surface area contributed by atoms with E-state index in [9.17, 15) is 9.90 Å². The van der Waals surface area contributed by atoms with E-state index < -0.39 is 22.9 Å². The topological polar surface area (TPSA) is 123 Å². The highest BCUT2D eigenvalue weighted by Gasteiger charge is 2.50. The number of rotatable bonds is 14. The van der Waals surface area contributed by atoms with Crippen LogP contribution in [0.3, 0.4) is 0 Å². The molecule has 1 aliphatic carbocycles. The van der Waals surface area contributed by atoms with Crippen molar-refractivity contribution in [3.63, 3.8) is 0 Å². The predicted octanol–water partition coefficient (Wildman–Crippen LogP) is 5.75. The van der Waals surface area contributed by atoms with E-state index in [0.29, 0.717) is 58.5 Å². The molecule has 0 aromatic heterocycles. The lowest BCUT2D eigenvalue weighted by atomic mass is 9.64. The number of azide groups is 1. The van der Waals surface area contributed by atoms with Crippen LogP contribution in [-0.2, 0) is 25.6 Å². The van der Waals surface area contributed by atoms with Crippen molar-refractivity contribution in [2.45, 2.75) is 83.9 Å². The van der Waals surface area contributed by atoms with Crippen LogP contribution in [0, 0.1) is 17.3 Å². The molecular formula is C29H43N3O6. The van der Waals surface area contributed by atoms with Gasteiger partial charge in [0.1, 0.15) is 23.2 Å². The summed E-state index contributed by atoms with van der Waals surface area (Å²) >= 11 is 0. The van der Waals surface area contributed by atoms with Gasteiger partial charge in [-0.1, -0.05) is 43.2 Å². The van der Waals surface area contributed by atoms with Crippen molar-refractivity contribution in [2.75, 3.05) is 26.9 Å². The molecule has 0 bridgehead atoms. The summed E-state index contributed by atoms with van der Waals surface area (Å²) < 4.78 is 22.6. The summed E-state index contributed by atoms with van der Waals surface area (Å²) in [6.07, 6.45) is 5.74. The van der Waals surface area contributed by atoms with Crippen molar-refractivity contribution >= 4 is 5.78 Å². The Kier molecular flexibility index (Phi) is 10.4. The molecule has 0 radical (unpaired) electrons. The first-order chi connectivity index (χ1) is 18.0. The lowest BCUT2D eigenvalue weighted by Gasteiger charge is -2.42. The van der Waals surface area contributed by atoms with Gasteiger partial charge in [0.2, 0.25) is 0 Å². The quantitative estimate of drug-likeness (QED) is 0.108. The van der Waals surface area contributed by atoms with Crippen LogP contribution in [0.1, 0.15) is 65.4 Å². The predicted molar refractivity (Wildman–Crippen MR) is 145 cm³/mol. The second-order valence-corrected chi connectivity index (χ2v) is 11.3. The number of carbonyl (C=O) groups excluding carboxylic acids is 1. The lowest BCUT2D eigenvalue weighted by Crippen LogP contribution is -2.48. The van der Waals surface area contributed by atoms with Crippen LogP contribution in [0.5, 0.6) is 5.75 Å². The molecule has 0 amide bonds. The summed E-state index contributed by atoms with van der Waals surface area (Å²) in [4.78, 5) is 16.6. The standard InChI is InChI=1S/C29H43N3O6/c1-21(22(2)18-31-32-30)17-28(12-14-29(34,15-13-28)26-20-37-27(3,4)38-26)25(33)7-6-16-36-19-23-8-10-24(35-5)11-9-23/h8-12,14,21-22,26,34H,6-7,13,15-20H2,1-5H3/t21-,22-,26-,28+,29-/m0/s1. The normalized spacial score (nSPS) is 27.9. The van der Waals surface area contributed by atoms with Crippen LogP contribution < -0.4 is 4.74 Å². The van der Waals surface area contributed by atoms with Crippen molar-refractivity contribution < 1.29 is 28.8 Å². The largest absolute Gasteiger partial charge is 0.497 e. The number of nitrogens with zero attached hydrogens (tertiary/aromatic N) is 3. The maximum absolute atomic E-state index is 13.7. The number of ketones is 1. The first kappa shape index (κ1) is 30.1. The minimum absolute atomic E-state index is 0.130. The first-order valence-corrected chi connectivity index (χ1v) is 13.5. The molecule has 0 unspecified atom stereocenters. The van der Waals surface area contributed by atoms with Gasteiger partial charge >= 0.3 is 0 Å². The SMILES string of the molecule is COc1ccc(COCCCC(=O)[C@]2(C[C@H](C)[C@@H](C)CN=[N+]=[N-])C=C[C@@](O)([C@@H]3COC(C)(C)O3)CC2)cc1. The van der Waals surface area contributed by atoms with Crippen molar-refractivity contribution in [2.24, 2.45) is 22.4 Å². The zero-order chi connectivity index (χ0) is 27.8. The average molecular weight is 530 g/mol. The first-order valence-electron chi connectivity index (χ1n) is 13.5. The Balaban J connectivity index is 1.64. The number of hydrogen-bond donors (Lipinski definition) is 1. The zero-order valence-corrected chi connectivity index (χ0v) is 23.4. The number of allylic oxidation sites excluding steroid dienone is 1. The maximum Gasteiger partial charge on any atom is 0.163 e. The molecule has 1 aromatic carbocycles. The van der Waals surface area contributed by atoms with Crippen molar-refractivity contribution in [3.05, 3.63) is 52.4 Å². The van der Waals surface area contributed by atoms with Gasteiger partial charge in [-0.25, -0.2) is 0 Å². The van der Waals surface area contributed by atoms with Gasteiger partial charge in [-0.3, -0.25) is 4.79 Å². The van der Waals surface area contributed by atoms with Crippen molar-refractivity contribution in [1.29, 1.82) is 0 Å². The number of carbonyl (C=O) groups is 1. The molecule has 9 heteroatoms. The second kappa shape index (κ2) is 13.1. The number of ether oxygens (including phenoxy) is 4. The Bertz CT molecular complexity index is 1010. The molecule has 3 rings (SSSR count). The highest BCUT2D eigenvalue weighted by Crippen LogP contribution is 2.46. The van der Waals surface area contributed by atoms with E-state index in [2.05, 4.69) is 16.9 Å². The number of Topliss-reactive ketones (excluding diaryl/α,β-unsaturated/α-hetero) is 1. The molecule has 5 atom stereocenters. The molecule has 1 fully saturated rings. The van der Waals surface area contributed by atoms with Crippen LogP contribution in [0.25, 0.3) is 10.4 Å². The highest BCUT2D eigenvalue weighted by atomic mass is 16.7. The molecule has 1 saturated heterocycles. The molecule has 2 aliphatic rings. The summed E-state index contributed by atoms with van der Waals surface area (Å²) in [5.41, 5.74) is 7.89. The molecule has 1 heterocycles. The fourth-order valence-corrected chi connectivity index (χ4v) is 5.23. The molecule has 210 valence electrons. The van der Waals surface area contributed by atoms with Gasteiger partial charge < -0.3 is 24.1 Å². The second-order valence-electron chi connectivity index (χ2n) is 11.3. The Morgan fingerprint density at radius 1 is 1.21 bits per heavy atom. The van der Waals surface area contributed by atoms with Crippen LogP contribution >= 0.6 is 0 Å². The maximum atomic E-state index is 13.7. The lowest BCUT2D eigenvalue weighted by molar-refractivity contribution is -0.165. The third-order valence-corrected chi connectivity index (χ3v) is 7.99. The molecule has 0 spiro atoms. The fraction of sp³-hybridized carbons (Fsp3) is 0.690. The molecule has 1 N–H and O–H groups in total. The van der Waals surface area contributed by atoms with Crippen LogP contribution in [0.2, 0.25) is 0 Å². The van der Waals surface area contributed by atoms with E-state index in [0.717, 1.165) is 11.3 Å². The van der Waals surface area contributed by atoms with E-state index in [4.69, 9.17) is 24.5 Å². The molecular weight excluding hydrogens is 486 g/mol. The van der Waals surface area contributed by atoms with Gasteiger partial charge in [0.15, 0.2) is 5.79 Å². The van der Waals surface area contributed by atoms with Gasteiger partial charge in [-0.15, -0.1) is 0 Å². The Morgan fingerprint density at radius 3 is 2.53 bits per heavy atom. The Labute approximate surface area is 226 Å². The number of hydrogen-bond acceptors (Lipinski definition) is 7. The van der Waals surface area contributed by atoms with Crippen LogP contribution in [0.15, 0.2) is 41.5 Å². The smallest absolute Gasteiger partial charge is 0.163 e. The highest BCUT2D eigenvalue weighted by molar-refractivity contribution is 5.87. The molecule has 0 saturated carbocycles. The van der Waals surface area contributed by atoms with Crippen molar-refractivity contribution in [1.82, 2.24) is 0 Å². The van der Waals surface area contributed by atoms with E-state index in [1.54, 1.807) is 13.2 Å². The number of aliphatic hydroxyl groups is 1. The Morgan fingerprint density at radius 2 is 1.95 bits per heavy atom. The summed E-state index contributed by atoms with van der Waals surface area (Å²) in [5, 5.41) is 15.1. The fourth-order valence-electron chi connectivity index (χ4n) is 5.23. The third-order valence-electron chi connectivity index (χ3n) is 7.99. The summed E-state index contributed by atoms with van der Waals surface area (Å²) in [6.45, 7) is 9.45. The number of methoxy groups -OCH3 is 1. The summed E-state index contributed by atoms with van der Waals surface area (Å²) in [7, 11) is 1.64. The molecule has 38 heavy (non-hydrogen) atoms. The van der Waals surface area contributed by atoms with E-state index in [1.807, 2.05) is 51.1 Å². The number of benzene rings is 1.